The first kappa shape index (κ1) is 25.7. The molecule has 188 valence electrons. The van der Waals surface area contributed by atoms with Crippen molar-refractivity contribution in [2.24, 2.45) is 0 Å². The molecule has 1 saturated heterocycles. The van der Waals surface area contributed by atoms with Crippen LogP contribution >= 0.6 is 11.6 Å². The number of hydrogen-bond acceptors (Lipinski definition) is 5. The standard InChI is InChI=1S/C26H27ClN4O4S/c1-29(19-25(32)28-24-13-6-5-12-23(24)27)26(33)20-8-7-11-22(18-20)36(34,35)31-16-14-30(15-17-31)21-9-3-2-4-10-21/h2-13,18H,14-17,19H2,1H3,(H,28,32). The zero-order valence-electron chi connectivity index (χ0n) is 19.8. The summed E-state index contributed by atoms with van der Waals surface area (Å²) in [7, 11) is -2.29. The Balaban J connectivity index is 1.40. The van der Waals surface area contributed by atoms with Crippen LogP contribution in [-0.2, 0) is 14.8 Å². The fourth-order valence-corrected chi connectivity index (χ4v) is 5.68. The molecule has 10 heteroatoms. The zero-order chi connectivity index (χ0) is 25.7. The van der Waals surface area contributed by atoms with Gasteiger partial charge in [-0.15, -0.1) is 0 Å². The SMILES string of the molecule is CN(CC(=O)Nc1ccccc1Cl)C(=O)c1cccc(S(=O)(=O)N2CCN(c3ccccc3)CC2)c1. The molecule has 0 spiro atoms. The molecular weight excluding hydrogens is 500 g/mol. The number of nitrogens with zero attached hydrogens (tertiary/aromatic N) is 3. The van der Waals surface area contributed by atoms with E-state index in [-0.39, 0.29) is 17.0 Å². The number of halogens is 1. The van der Waals surface area contributed by atoms with Crippen molar-refractivity contribution in [3.63, 3.8) is 0 Å². The number of amides is 2. The van der Waals surface area contributed by atoms with Crippen molar-refractivity contribution in [2.45, 2.75) is 4.90 Å². The minimum atomic E-state index is -3.78. The quantitative estimate of drug-likeness (QED) is 0.508. The first-order valence-corrected chi connectivity index (χ1v) is 13.3. The second-order valence-corrected chi connectivity index (χ2v) is 10.8. The number of carbonyl (C=O) groups is 2. The molecule has 1 N–H and O–H groups in total. The number of sulfonamides is 1. The molecular formula is C26H27ClN4O4S. The molecule has 0 aromatic heterocycles. The fraction of sp³-hybridized carbons (Fsp3) is 0.231. The van der Waals surface area contributed by atoms with Crippen LogP contribution in [0.1, 0.15) is 10.4 Å². The number of hydrogen-bond donors (Lipinski definition) is 1. The second kappa shape index (κ2) is 11.1. The molecule has 3 aromatic carbocycles. The molecule has 4 rings (SSSR count). The molecule has 0 atom stereocenters. The van der Waals surface area contributed by atoms with Crippen LogP contribution in [0.2, 0.25) is 5.02 Å². The van der Waals surface area contributed by atoms with Crippen molar-refractivity contribution < 1.29 is 18.0 Å². The monoisotopic (exact) mass is 526 g/mol. The van der Waals surface area contributed by atoms with E-state index in [9.17, 15) is 18.0 Å². The van der Waals surface area contributed by atoms with Gasteiger partial charge in [0.2, 0.25) is 15.9 Å². The number of anilines is 2. The van der Waals surface area contributed by atoms with E-state index in [0.717, 1.165) is 5.69 Å². The highest BCUT2D eigenvalue weighted by atomic mass is 35.5. The molecule has 0 aliphatic carbocycles. The predicted octanol–water partition coefficient (Wildman–Crippen LogP) is 3.56. The molecule has 2 amide bonds. The van der Waals surface area contributed by atoms with Gasteiger partial charge in [-0.25, -0.2) is 8.42 Å². The molecule has 0 bridgehead atoms. The van der Waals surface area contributed by atoms with Crippen LogP contribution in [0.4, 0.5) is 11.4 Å². The van der Waals surface area contributed by atoms with E-state index < -0.39 is 21.8 Å². The van der Waals surface area contributed by atoms with Crippen LogP contribution in [0.25, 0.3) is 0 Å². The first-order chi connectivity index (χ1) is 17.3. The minimum absolute atomic E-state index is 0.0513. The smallest absolute Gasteiger partial charge is 0.254 e. The summed E-state index contributed by atoms with van der Waals surface area (Å²) in [6.07, 6.45) is 0. The Morgan fingerprint density at radius 2 is 1.58 bits per heavy atom. The van der Waals surface area contributed by atoms with Gasteiger partial charge in [-0.2, -0.15) is 4.31 Å². The maximum atomic E-state index is 13.3. The topological polar surface area (TPSA) is 90.0 Å². The van der Waals surface area contributed by atoms with Crippen LogP contribution < -0.4 is 10.2 Å². The number of para-hydroxylation sites is 2. The molecule has 0 saturated carbocycles. The van der Waals surface area contributed by atoms with Crippen LogP contribution in [0.5, 0.6) is 0 Å². The lowest BCUT2D eigenvalue weighted by atomic mass is 10.2. The zero-order valence-corrected chi connectivity index (χ0v) is 21.4. The fourth-order valence-electron chi connectivity index (χ4n) is 4.02. The Labute approximate surface area is 216 Å². The summed E-state index contributed by atoms with van der Waals surface area (Å²) >= 11 is 6.07. The summed E-state index contributed by atoms with van der Waals surface area (Å²) < 4.78 is 28.0. The van der Waals surface area contributed by atoms with Crippen LogP contribution in [0.15, 0.2) is 83.8 Å². The highest BCUT2D eigenvalue weighted by Crippen LogP contribution is 2.23. The highest BCUT2D eigenvalue weighted by molar-refractivity contribution is 7.89. The summed E-state index contributed by atoms with van der Waals surface area (Å²) in [5, 5.41) is 3.06. The van der Waals surface area contributed by atoms with Gasteiger partial charge >= 0.3 is 0 Å². The van der Waals surface area contributed by atoms with Crippen molar-refractivity contribution in [3.8, 4) is 0 Å². The Morgan fingerprint density at radius 3 is 2.28 bits per heavy atom. The van der Waals surface area contributed by atoms with Gasteiger partial charge in [-0.05, 0) is 42.5 Å². The van der Waals surface area contributed by atoms with Gasteiger partial charge in [0.25, 0.3) is 5.91 Å². The van der Waals surface area contributed by atoms with Crippen LogP contribution in [-0.4, -0.2) is 69.2 Å². The summed E-state index contributed by atoms with van der Waals surface area (Å²) in [4.78, 5) is 28.8. The van der Waals surface area contributed by atoms with Crippen molar-refractivity contribution in [3.05, 3.63) is 89.4 Å². The largest absolute Gasteiger partial charge is 0.369 e. The summed E-state index contributed by atoms with van der Waals surface area (Å²) in [6.45, 7) is 1.62. The van der Waals surface area contributed by atoms with Gasteiger partial charge in [-0.3, -0.25) is 9.59 Å². The average Bonchev–Trinajstić information content (AvgIpc) is 2.90. The molecule has 8 nitrogen and oxygen atoms in total. The number of carbonyl (C=O) groups excluding carboxylic acids is 2. The lowest BCUT2D eigenvalue weighted by molar-refractivity contribution is -0.116. The lowest BCUT2D eigenvalue weighted by Crippen LogP contribution is -2.48. The normalized spacial score (nSPS) is 14.3. The van der Waals surface area contributed by atoms with Gasteiger partial charge in [0.05, 0.1) is 22.2 Å². The summed E-state index contributed by atoms with van der Waals surface area (Å²) in [6, 6.07) is 22.6. The van der Waals surface area contributed by atoms with Crippen LogP contribution in [0.3, 0.4) is 0 Å². The summed E-state index contributed by atoms with van der Waals surface area (Å²) in [5.41, 5.74) is 1.70. The van der Waals surface area contributed by atoms with Crippen molar-refractivity contribution in [2.75, 3.05) is 50.0 Å². The number of nitrogens with one attached hydrogen (secondary N) is 1. The Bertz CT molecular complexity index is 1340. The number of benzene rings is 3. The van der Waals surface area contributed by atoms with Crippen LogP contribution in [0, 0.1) is 0 Å². The van der Waals surface area contributed by atoms with Gasteiger partial charge in [-0.1, -0.05) is 48.0 Å². The van der Waals surface area contributed by atoms with E-state index >= 15 is 0 Å². The molecule has 1 aliphatic rings. The van der Waals surface area contributed by atoms with E-state index in [2.05, 4.69) is 10.2 Å². The van der Waals surface area contributed by atoms with E-state index in [1.54, 1.807) is 24.3 Å². The van der Waals surface area contributed by atoms with E-state index in [4.69, 9.17) is 11.6 Å². The Hall–Kier alpha value is -3.40. The third-order valence-electron chi connectivity index (χ3n) is 5.95. The van der Waals surface area contributed by atoms with Crippen molar-refractivity contribution in [1.29, 1.82) is 0 Å². The molecule has 1 heterocycles. The van der Waals surface area contributed by atoms with Crippen molar-refractivity contribution in [1.82, 2.24) is 9.21 Å². The number of rotatable bonds is 7. The van der Waals surface area contributed by atoms with Crippen molar-refractivity contribution >= 4 is 44.8 Å². The van der Waals surface area contributed by atoms with E-state index in [1.165, 1.54) is 40.5 Å². The first-order valence-electron chi connectivity index (χ1n) is 11.5. The van der Waals surface area contributed by atoms with Gasteiger partial charge < -0.3 is 15.1 Å². The van der Waals surface area contributed by atoms with E-state index in [0.29, 0.717) is 36.9 Å². The third-order valence-corrected chi connectivity index (χ3v) is 8.18. The maximum Gasteiger partial charge on any atom is 0.254 e. The van der Waals surface area contributed by atoms with E-state index in [1.807, 2.05) is 30.3 Å². The second-order valence-electron chi connectivity index (χ2n) is 8.44. The molecule has 3 aromatic rings. The average molecular weight is 527 g/mol. The Morgan fingerprint density at radius 1 is 0.917 bits per heavy atom. The predicted molar refractivity (Wildman–Crippen MR) is 141 cm³/mol. The molecule has 0 unspecified atom stereocenters. The Kier molecular flexibility index (Phi) is 7.93. The highest BCUT2D eigenvalue weighted by Gasteiger charge is 2.29. The van der Waals surface area contributed by atoms with Gasteiger partial charge in [0, 0.05) is 44.5 Å². The maximum absolute atomic E-state index is 13.3. The lowest BCUT2D eigenvalue weighted by Gasteiger charge is -2.35. The van der Waals surface area contributed by atoms with Gasteiger partial charge in [0.15, 0.2) is 0 Å². The molecule has 36 heavy (non-hydrogen) atoms. The number of likely N-dealkylation sites (N-methyl/N-ethyl adjacent to an activating group) is 1. The summed E-state index contributed by atoms with van der Waals surface area (Å²) in [5.74, 6) is -0.880. The molecule has 0 radical (unpaired) electrons. The number of piperazine rings is 1. The third kappa shape index (κ3) is 5.87. The minimum Gasteiger partial charge on any atom is -0.369 e. The van der Waals surface area contributed by atoms with Gasteiger partial charge in [0.1, 0.15) is 0 Å². The molecule has 1 aliphatic heterocycles. The molecule has 1 fully saturated rings.